The van der Waals surface area contributed by atoms with E-state index in [-0.39, 0.29) is 22.8 Å². The summed E-state index contributed by atoms with van der Waals surface area (Å²) >= 11 is 0. The Morgan fingerprint density at radius 3 is 1.93 bits per heavy atom. The van der Waals surface area contributed by atoms with Gasteiger partial charge in [-0.3, -0.25) is 9.59 Å². The first-order valence-electron chi connectivity index (χ1n) is 7.46. The number of carboxylic acids is 1. The van der Waals surface area contributed by atoms with Crippen LogP contribution in [0.5, 0.6) is 23.0 Å². The molecule has 0 amide bonds. The van der Waals surface area contributed by atoms with Gasteiger partial charge in [-0.25, -0.2) is 9.59 Å². The van der Waals surface area contributed by atoms with Gasteiger partial charge in [0.25, 0.3) is 0 Å². The van der Waals surface area contributed by atoms with Crippen molar-refractivity contribution < 1.29 is 43.6 Å². The Kier molecular flexibility index (Phi) is 5.76. The average Bonchev–Trinajstić information content (AvgIpc) is 2.56. The summed E-state index contributed by atoms with van der Waals surface area (Å²) in [5, 5.41) is 18.5. The van der Waals surface area contributed by atoms with Crippen LogP contribution in [0.25, 0.3) is 0 Å². The van der Waals surface area contributed by atoms with E-state index in [1.165, 1.54) is 25.1 Å². The van der Waals surface area contributed by atoms with Gasteiger partial charge in [-0.15, -0.1) is 0 Å². The predicted octanol–water partition coefficient (Wildman–Crippen LogP) is 2.16. The largest absolute Gasteiger partial charge is 0.507 e. The summed E-state index contributed by atoms with van der Waals surface area (Å²) in [4.78, 5) is 45.8. The molecule has 0 saturated heterocycles. The van der Waals surface area contributed by atoms with E-state index in [1.807, 2.05) is 0 Å². The summed E-state index contributed by atoms with van der Waals surface area (Å²) in [6, 6.07) is 6.89. The molecule has 0 aliphatic heterocycles. The molecule has 0 radical (unpaired) electrons. The van der Waals surface area contributed by atoms with E-state index in [0.717, 1.165) is 25.1 Å². The molecule has 9 nitrogen and oxygen atoms in total. The van der Waals surface area contributed by atoms with Crippen molar-refractivity contribution in [3.8, 4) is 23.0 Å². The molecule has 2 N–H and O–H groups in total. The van der Waals surface area contributed by atoms with E-state index >= 15 is 0 Å². The van der Waals surface area contributed by atoms with E-state index < -0.39 is 35.2 Å². The van der Waals surface area contributed by atoms with E-state index in [9.17, 15) is 24.3 Å². The van der Waals surface area contributed by atoms with Crippen molar-refractivity contribution >= 4 is 23.9 Å². The summed E-state index contributed by atoms with van der Waals surface area (Å²) in [5.74, 6) is -4.52. The highest BCUT2D eigenvalue weighted by molar-refractivity contribution is 5.96. The SMILES string of the molecule is CC(=O)Oc1ccc(OC(C)=O)c(C(=O)Oc2ccc(O)c(C(=O)O)c2)c1. The fraction of sp³-hybridized carbons (Fsp3) is 0.111. The second kappa shape index (κ2) is 8.00. The van der Waals surface area contributed by atoms with Crippen molar-refractivity contribution in [3.05, 3.63) is 47.5 Å². The Morgan fingerprint density at radius 2 is 1.33 bits per heavy atom. The molecular weight excluding hydrogens is 360 g/mol. The fourth-order valence-electron chi connectivity index (χ4n) is 2.05. The highest BCUT2D eigenvalue weighted by atomic mass is 16.6. The molecule has 0 spiro atoms. The van der Waals surface area contributed by atoms with E-state index in [2.05, 4.69) is 0 Å². The fourth-order valence-corrected chi connectivity index (χ4v) is 2.05. The molecular formula is C18H14O9. The van der Waals surface area contributed by atoms with Gasteiger partial charge < -0.3 is 24.4 Å². The smallest absolute Gasteiger partial charge is 0.347 e. The number of esters is 3. The Labute approximate surface area is 152 Å². The minimum absolute atomic E-state index is 0.0160. The van der Waals surface area contributed by atoms with Crippen molar-refractivity contribution in [3.63, 3.8) is 0 Å². The summed E-state index contributed by atoms with van der Waals surface area (Å²) in [6.07, 6.45) is 0. The minimum atomic E-state index is -1.41. The Bertz CT molecular complexity index is 930. The van der Waals surface area contributed by atoms with E-state index in [4.69, 9.17) is 19.3 Å². The first-order chi connectivity index (χ1) is 12.7. The maximum absolute atomic E-state index is 12.5. The van der Waals surface area contributed by atoms with Gasteiger partial charge in [0.05, 0.1) is 0 Å². The number of carbonyl (C=O) groups excluding carboxylic acids is 3. The number of ether oxygens (including phenoxy) is 3. The Morgan fingerprint density at radius 1 is 0.778 bits per heavy atom. The standard InChI is InChI=1S/C18H14O9/c1-9(19)25-11-4-6-16(26-10(2)20)14(8-11)18(24)27-12-3-5-15(21)13(7-12)17(22)23/h3-8,21H,1-2H3,(H,22,23). The third kappa shape index (κ3) is 5.05. The number of carbonyl (C=O) groups is 4. The van der Waals surface area contributed by atoms with Crippen molar-refractivity contribution in [1.29, 1.82) is 0 Å². The van der Waals surface area contributed by atoms with Gasteiger partial charge in [0, 0.05) is 13.8 Å². The second-order valence-electron chi connectivity index (χ2n) is 5.22. The lowest BCUT2D eigenvalue weighted by Crippen LogP contribution is -2.14. The molecule has 9 heteroatoms. The number of carboxylic acid groups (broad SMARTS) is 1. The lowest BCUT2D eigenvalue weighted by atomic mass is 10.1. The highest BCUT2D eigenvalue weighted by Crippen LogP contribution is 2.28. The average molecular weight is 374 g/mol. The summed E-state index contributed by atoms with van der Waals surface area (Å²) in [7, 11) is 0. The van der Waals surface area contributed by atoms with Crippen LogP contribution >= 0.6 is 0 Å². The lowest BCUT2D eigenvalue weighted by molar-refractivity contribution is -0.133. The van der Waals surface area contributed by atoms with Crippen molar-refractivity contribution in [1.82, 2.24) is 0 Å². The number of hydrogen-bond donors (Lipinski definition) is 2. The maximum Gasteiger partial charge on any atom is 0.347 e. The van der Waals surface area contributed by atoms with Crippen LogP contribution in [0.3, 0.4) is 0 Å². The summed E-state index contributed by atoms with van der Waals surface area (Å²) in [5.41, 5.74) is -0.692. The van der Waals surface area contributed by atoms with Crippen LogP contribution in [0.2, 0.25) is 0 Å². The van der Waals surface area contributed by atoms with Gasteiger partial charge in [0.15, 0.2) is 0 Å². The van der Waals surface area contributed by atoms with Crippen molar-refractivity contribution in [2.45, 2.75) is 13.8 Å². The molecule has 27 heavy (non-hydrogen) atoms. The number of aromatic carboxylic acids is 1. The van der Waals surface area contributed by atoms with Crippen LogP contribution in [-0.2, 0) is 9.59 Å². The number of benzene rings is 2. The number of aromatic hydroxyl groups is 1. The van der Waals surface area contributed by atoms with Crippen LogP contribution in [0.4, 0.5) is 0 Å². The number of rotatable bonds is 5. The van der Waals surface area contributed by atoms with E-state index in [0.29, 0.717) is 0 Å². The molecule has 0 saturated carbocycles. The lowest BCUT2D eigenvalue weighted by Gasteiger charge is -2.11. The zero-order valence-electron chi connectivity index (χ0n) is 14.2. The molecule has 0 aliphatic carbocycles. The van der Waals surface area contributed by atoms with Gasteiger partial charge in [-0.1, -0.05) is 0 Å². The normalized spacial score (nSPS) is 10.0. The molecule has 140 valence electrons. The Hall–Kier alpha value is -3.88. The van der Waals surface area contributed by atoms with Crippen LogP contribution in [0, 0.1) is 0 Å². The summed E-state index contributed by atoms with van der Waals surface area (Å²) < 4.78 is 14.9. The first-order valence-corrected chi connectivity index (χ1v) is 7.46. The Balaban J connectivity index is 2.38. The number of phenols is 1. The molecule has 0 heterocycles. The molecule has 0 atom stereocenters. The minimum Gasteiger partial charge on any atom is -0.507 e. The zero-order valence-corrected chi connectivity index (χ0v) is 14.2. The van der Waals surface area contributed by atoms with Gasteiger partial charge in [-0.2, -0.15) is 0 Å². The molecule has 2 rings (SSSR count). The van der Waals surface area contributed by atoms with Crippen molar-refractivity contribution in [2.75, 3.05) is 0 Å². The maximum atomic E-state index is 12.5. The molecule has 0 unspecified atom stereocenters. The molecule has 0 bridgehead atoms. The van der Waals surface area contributed by atoms with Gasteiger partial charge in [0.1, 0.15) is 34.1 Å². The van der Waals surface area contributed by atoms with Gasteiger partial charge >= 0.3 is 23.9 Å². The second-order valence-corrected chi connectivity index (χ2v) is 5.22. The van der Waals surface area contributed by atoms with Gasteiger partial charge in [0.2, 0.25) is 0 Å². The van der Waals surface area contributed by atoms with Crippen LogP contribution in [-0.4, -0.2) is 34.1 Å². The van der Waals surface area contributed by atoms with Gasteiger partial charge in [-0.05, 0) is 36.4 Å². The van der Waals surface area contributed by atoms with E-state index in [1.54, 1.807) is 0 Å². The molecule has 0 aromatic heterocycles. The quantitative estimate of drug-likeness (QED) is 0.596. The third-order valence-corrected chi connectivity index (χ3v) is 3.10. The predicted molar refractivity (Wildman–Crippen MR) is 89.1 cm³/mol. The molecule has 0 aliphatic rings. The van der Waals surface area contributed by atoms with Crippen molar-refractivity contribution in [2.24, 2.45) is 0 Å². The topological polar surface area (TPSA) is 136 Å². The molecule has 0 fully saturated rings. The summed E-state index contributed by atoms with van der Waals surface area (Å²) in [6.45, 7) is 2.30. The van der Waals surface area contributed by atoms with Crippen LogP contribution < -0.4 is 14.2 Å². The highest BCUT2D eigenvalue weighted by Gasteiger charge is 2.20. The number of hydrogen-bond acceptors (Lipinski definition) is 8. The molecule has 2 aromatic carbocycles. The third-order valence-electron chi connectivity index (χ3n) is 3.10. The first kappa shape index (κ1) is 19.4. The molecule has 2 aromatic rings. The van der Waals surface area contributed by atoms with Crippen LogP contribution in [0.1, 0.15) is 34.6 Å². The monoisotopic (exact) mass is 374 g/mol. The zero-order chi connectivity index (χ0) is 20.1. The van der Waals surface area contributed by atoms with Crippen LogP contribution in [0.15, 0.2) is 36.4 Å².